The third kappa shape index (κ3) is 3.49. The molecule has 26 heavy (non-hydrogen) atoms. The van der Waals surface area contributed by atoms with Gasteiger partial charge in [-0.2, -0.15) is 0 Å². The highest BCUT2D eigenvalue weighted by Gasteiger charge is 2.21. The molecule has 4 rings (SSSR count). The predicted octanol–water partition coefficient (Wildman–Crippen LogP) is 1.57. The van der Waals surface area contributed by atoms with E-state index >= 15 is 0 Å². The second-order valence-electron chi connectivity index (χ2n) is 6.66. The van der Waals surface area contributed by atoms with E-state index in [9.17, 15) is 4.79 Å². The van der Waals surface area contributed by atoms with Crippen molar-refractivity contribution in [1.29, 1.82) is 0 Å². The van der Waals surface area contributed by atoms with Gasteiger partial charge in [0.2, 0.25) is 0 Å². The molecule has 0 aliphatic carbocycles. The molecule has 0 bridgehead atoms. The van der Waals surface area contributed by atoms with Crippen LogP contribution in [0.15, 0.2) is 47.7 Å². The van der Waals surface area contributed by atoms with Crippen LogP contribution in [0.4, 0.5) is 5.82 Å². The molecular weight excluding hydrogens is 330 g/mol. The lowest BCUT2D eigenvalue weighted by Gasteiger charge is -2.33. The van der Waals surface area contributed by atoms with E-state index in [-0.39, 0.29) is 11.7 Å². The third-order valence-electron chi connectivity index (χ3n) is 4.80. The quantitative estimate of drug-likeness (QED) is 0.728. The minimum atomic E-state index is -0.126. The molecule has 2 aromatic heterocycles. The van der Waals surface area contributed by atoms with Gasteiger partial charge in [0, 0.05) is 57.3 Å². The highest BCUT2D eigenvalue weighted by atomic mass is 16.5. The summed E-state index contributed by atoms with van der Waals surface area (Å²) in [6.45, 7) is 3.85. The molecule has 2 N–H and O–H groups in total. The molecule has 1 fully saturated rings. The summed E-state index contributed by atoms with van der Waals surface area (Å²) >= 11 is 0. The van der Waals surface area contributed by atoms with Gasteiger partial charge < -0.3 is 19.6 Å². The smallest absolute Gasteiger partial charge is 0.293 e. The highest BCUT2D eigenvalue weighted by molar-refractivity contribution is 5.82. The lowest BCUT2D eigenvalue weighted by molar-refractivity contribution is -0.0239. The largest absolute Gasteiger partial charge is 0.374 e. The zero-order valence-electron chi connectivity index (χ0n) is 14.8. The van der Waals surface area contributed by atoms with Crippen molar-refractivity contribution in [3.05, 3.63) is 58.8 Å². The maximum atomic E-state index is 12.0. The normalized spacial score (nSPS) is 18.3. The number of morpholine rings is 1. The summed E-state index contributed by atoms with van der Waals surface area (Å²) < 4.78 is 7.38. The Morgan fingerprint density at radius 2 is 2.31 bits per heavy atom. The fraction of sp³-hybridized carbons (Fsp3) is 0.368. The molecule has 7 heteroatoms. The summed E-state index contributed by atoms with van der Waals surface area (Å²) in [7, 11) is 1.72. The van der Waals surface area contributed by atoms with Crippen LogP contribution in [0.3, 0.4) is 0 Å². The Labute approximate surface area is 151 Å². The minimum absolute atomic E-state index is 0.0262. The number of benzene rings is 1. The van der Waals surface area contributed by atoms with E-state index in [0.29, 0.717) is 19.0 Å². The number of rotatable bonds is 5. The molecule has 1 aliphatic rings. The number of ether oxygens (including phenoxy) is 1. The van der Waals surface area contributed by atoms with Gasteiger partial charge in [-0.1, -0.05) is 18.2 Å². The van der Waals surface area contributed by atoms with Crippen molar-refractivity contribution in [3.63, 3.8) is 0 Å². The van der Waals surface area contributed by atoms with E-state index < -0.39 is 0 Å². The molecule has 0 amide bonds. The van der Waals surface area contributed by atoms with Crippen molar-refractivity contribution in [2.45, 2.75) is 12.6 Å². The molecule has 1 aromatic carbocycles. The van der Waals surface area contributed by atoms with Gasteiger partial charge in [0.1, 0.15) is 0 Å². The molecule has 0 saturated carbocycles. The number of H-pyrrole nitrogens is 1. The Morgan fingerprint density at radius 3 is 3.23 bits per heavy atom. The van der Waals surface area contributed by atoms with Gasteiger partial charge in [0.15, 0.2) is 5.82 Å². The molecule has 1 unspecified atom stereocenters. The maximum absolute atomic E-state index is 12.0. The number of aryl methyl sites for hydroxylation is 1. The summed E-state index contributed by atoms with van der Waals surface area (Å²) in [5, 5.41) is 4.37. The van der Waals surface area contributed by atoms with Crippen LogP contribution in [0.5, 0.6) is 0 Å². The van der Waals surface area contributed by atoms with Crippen LogP contribution in [0.1, 0.15) is 5.56 Å². The fourth-order valence-corrected chi connectivity index (χ4v) is 3.40. The number of aromatic nitrogens is 3. The van der Waals surface area contributed by atoms with Gasteiger partial charge in [0.05, 0.1) is 12.7 Å². The Morgan fingerprint density at radius 1 is 1.38 bits per heavy atom. The molecule has 7 nitrogen and oxygen atoms in total. The first-order chi connectivity index (χ1) is 12.7. The average Bonchev–Trinajstić information content (AvgIpc) is 3.13. The van der Waals surface area contributed by atoms with Crippen LogP contribution in [-0.4, -0.2) is 51.8 Å². The predicted molar refractivity (Wildman–Crippen MR) is 101 cm³/mol. The molecule has 0 spiro atoms. The Kier molecular flexibility index (Phi) is 4.73. The number of hydrogen-bond acceptors (Lipinski definition) is 5. The van der Waals surface area contributed by atoms with Crippen molar-refractivity contribution in [2.75, 3.05) is 31.6 Å². The zero-order chi connectivity index (χ0) is 17.9. The van der Waals surface area contributed by atoms with Crippen molar-refractivity contribution < 1.29 is 4.74 Å². The number of aromatic amines is 1. The number of anilines is 1. The fourth-order valence-electron chi connectivity index (χ4n) is 3.40. The van der Waals surface area contributed by atoms with Crippen molar-refractivity contribution in [3.8, 4) is 0 Å². The van der Waals surface area contributed by atoms with Crippen molar-refractivity contribution in [2.24, 2.45) is 7.05 Å². The van der Waals surface area contributed by atoms with E-state index in [4.69, 9.17) is 4.74 Å². The van der Waals surface area contributed by atoms with Crippen molar-refractivity contribution in [1.82, 2.24) is 19.4 Å². The SMILES string of the molecule is Cn1ccnc(NCC2CN(Cc3cccc4cc[nH]c34)CCO2)c1=O. The summed E-state index contributed by atoms with van der Waals surface area (Å²) in [5.74, 6) is 0.367. The van der Waals surface area contributed by atoms with Gasteiger partial charge in [-0.05, 0) is 17.0 Å². The molecule has 1 atom stereocenters. The first-order valence-electron chi connectivity index (χ1n) is 8.85. The molecule has 1 aliphatic heterocycles. The monoisotopic (exact) mass is 353 g/mol. The van der Waals surface area contributed by atoms with Gasteiger partial charge in [0.25, 0.3) is 5.56 Å². The second-order valence-corrected chi connectivity index (χ2v) is 6.66. The summed E-state index contributed by atoms with van der Waals surface area (Å²) in [4.78, 5) is 21.9. The number of nitrogens with zero attached hydrogens (tertiary/aromatic N) is 3. The molecule has 0 radical (unpaired) electrons. The van der Waals surface area contributed by atoms with Crippen LogP contribution >= 0.6 is 0 Å². The summed E-state index contributed by atoms with van der Waals surface area (Å²) in [6, 6.07) is 8.48. The van der Waals surface area contributed by atoms with Gasteiger partial charge in [-0.3, -0.25) is 9.69 Å². The average molecular weight is 353 g/mol. The van der Waals surface area contributed by atoms with E-state index in [1.165, 1.54) is 21.0 Å². The topological polar surface area (TPSA) is 75.2 Å². The van der Waals surface area contributed by atoms with E-state index in [0.717, 1.165) is 19.6 Å². The van der Waals surface area contributed by atoms with E-state index in [1.807, 2.05) is 6.20 Å². The standard InChI is InChI=1S/C19H23N5O2/c1-23-8-7-21-18(19(23)25)22-11-16-13-24(9-10-26-16)12-15-4-2-3-14-5-6-20-17(14)15/h2-8,16,20H,9-13H2,1H3,(H,21,22). The number of hydrogen-bond donors (Lipinski definition) is 2. The lowest BCUT2D eigenvalue weighted by atomic mass is 10.1. The first kappa shape index (κ1) is 16.8. The highest BCUT2D eigenvalue weighted by Crippen LogP contribution is 2.19. The van der Waals surface area contributed by atoms with E-state index in [2.05, 4.69) is 44.5 Å². The van der Waals surface area contributed by atoms with Crippen LogP contribution in [0, 0.1) is 0 Å². The van der Waals surface area contributed by atoms with Gasteiger partial charge in [-0.25, -0.2) is 4.98 Å². The second kappa shape index (κ2) is 7.31. The molecular formula is C19H23N5O2. The van der Waals surface area contributed by atoms with Crippen LogP contribution in [-0.2, 0) is 18.3 Å². The maximum Gasteiger partial charge on any atom is 0.293 e. The molecule has 3 aromatic rings. The Balaban J connectivity index is 1.39. The van der Waals surface area contributed by atoms with Gasteiger partial charge >= 0.3 is 0 Å². The molecule has 136 valence electrons. The van der Waals surface area contributed by atoms with Crippen molar-refractivity contribution >= 4 is 16.7 Å². The zero-order valence-corrected chi connectivity index (χ0v) is 14.8. The van der Waals surface area contributed by atoms with Gasteiger partial charge in [-0.15, -0.1) is 0 Å². The number of para-hydroxylation sites is 1. The van der Waals surface area contributed by atoms with E-state index in [1.54, 1.807) is 19.4 Å². The van der Waals surface area contributed by atoms with Crippen LogP contribution in [0.25, 0.3) is 10.9 Å². The summed E-state index contributed by atoms with van der Waals surface area (Å²) in [6.07, 6.45) is 5.27. The number of nitrogens with one attached hydrogen (secondary N) is 2. The first-order valence-corrected chi connectivity index (χ1v) is 8.85. The molecule has 3 heterocycles. The third-order valence-corrected chi connectivity index (χ3v) is 4.80. The Bertz CT molecular complexity index is 948. The lowest BCUT2D eigenvalue weighted by Crippen LogP contribution is -2.45. The minimum Gasteiger partial charge on any atom is -0.374 e. The van der Waals surface area contributed by atoms with Crippen LogP contribution < -0.4 is 10.9 Å². The molecule has 1 saturated heterocycles. The summed E-state index contributed by atoms with van der Waals surface area (Å²) in [5.41, 5.74) is 2.36. The Hall–Kier alpha value is -2.64. The number of fused-ring (bicyclic) bond motifs is 1. The van der Waals surface area contributed by atoms with Crippen LogP contribution in [0.2, 0.25) is 0 Å².